The minimum atomic E-state index is -0.231. The van der Waals surface area contributed by atoms with Gasteiger partial charge in [-0.3, -0.25) is 4.79 Å². The van der Waals surface area contributed by atoms with E-state index in [9.17, 15) is 4.79 Å². The number of carbonyl (C=O) groups is 1. The normalized spacial score (nSPS) is 10.7. The highest BCUT2D eigenvalue weighted by Gasteiger charge is 2.13. The molecule has 0 saturated carbocycles. The van der Waals surface area contributed by atoms with Crippen LogP contribution in [0, 0.1) is 0 Å². The second-order valence-electron chi connectivity index (χ2n) is 6.13. The maximum Gasteiger partial charge on any atom is 0.242 e. The quantitative estimate of drug-likeness (QED) is 0.520. The Morgan fingerprint density at radius 1 is 1.14 bits per heavy atom. The fourth-order valence-corrected chi connectivity index (χ4v) is 2.83. The molecule has 0 aliphatic carbocycles. The van der Waals surface area contributed by atoms with E-state index in [1.54, 1.807) is 31.4 Å². The first-order valence-electron chi connectivity index (χ1n) is 8.89. The molecular formula is C20H20Cl2N4O3. The van der Waals surface area contributed by atoms with E-state index in [1.807, 2.05) is 24.3 Å². The van der Waals surface area contributed by atoms with Gasteiger partial charge in [-0.05, 0) is 53.6 Å². The topological polar surface area (TPSA) is 78.3 Å². The molecule has 0 unspecified atom stereocenters. The van der Waals surface area contributed by atoms with Crippen LogP contribution < -0.4 is 10.1 Å². The molecule has 1 amide bonds. The van der Waals surface area contributed by atoms with Crippen molar-refractivity contribution in [3.05, 3.63) is 64.4 Å². The van der Waals surface area contributed by atoms with Crippen molar-refractivity contribution < 1.29 is 14.3 Å². The van der Waals surface area contributed by atoms with Gasteiger partial charge in [0.05, 0.1) is 6.61 Å². The van der Waals surface area contributed by atoms with Crippen LogP contribution in [0.2, 0.25) is 10.3 Å². The van der Waals surface area contributed by atoms with Crippen molar-refractivity contribution in [3.8, 4) is 17.1 Å². The van der Waals surface area contributed by atoms with Crippen LogP contribution in [0.4, 0.5) is 0 Å². The van der Waals surface area contributed by atoms with E-state index in [0.717, 1.165) is 16.9 Å². The van der Waals surface area contributed by atoms with Crippen molar-refractivity contribution in [2.24, 2.45) is 0 Å². The van der Waals surface area contributed by atoms with Gasteiger partial charge >= 0.3 is 0 Å². The molecule has 0 bridgehead atoms. The van der Waals surface area contributed by atoms with Crippen molar-refractivity contribution in [1.82, 2.24) is 20.1 Å². The lowest BCUT2D eigenvalue weighted by molar-refractivity contribution is -0.122. The first-order chi connectivity index (χ1) is 14.0. The van der Waals surface area contributed by atoms with Gasteiger partial charge in [-0.2, -0.15) is 4.98 Å². The summed E-state index contributed by atoms with van der Waals surface area (Å²) >= 11 is 12.0. The van der Waals surface area contributed by atoms with E-state index in [4.69, 9.17) is 32.7 Å². The number of rotatable bonds is 9. The van der Waals surface area contributed by atoms with Crippen LogP contribution in [-0.2, 0) is 22.6 Å². The molecule has 0 radical (unpaired) electrons. The van der Waals surface area contributed by atoms with Gasteiger partial charge in [0.25, 0.3) is 0 Å². The summed E-state index contributed by atoms with van der Waals surface area (Å²) in [4.78, 5) is 16.5. The summed E-state index contributed by atoms with van der Waals surface area (Å²) in [6.07, 6.45) is 0. The molecule has 0 aliphatic heterocycles. The summed E-state index contributed by atoms with van der Waals surface area (Å²) in [5.41, 5.74) is 1.68. The van der Waals surface area contributed by atoms with E-state index >= 15 is 0 Å². The fraction of sp³-hybridized carbons (Fsp3) is 0.250. The average molecular weight is 435 g/mol. The Labute approximate surface area is 178 Å². The number of nitrogens with zero attached hydrogens (tertiary/aromatic N) is 3. The van der Waals surface area contributed by atoms with Crippen LogP contribution >= 0.6 is 23.2 Å². The van der Waals surface area contributed by atoms with Gasteiger partial charge in [-0.1, -0.05) is 23.7 Å². The van der Waals surface area contributed by atoms with Crippen molar-refractivity contribution >= 4 is 29.1 Å². The molecule has 1 heterocycles. The zero-order valence-electron chi connectivity index (χ0n) is 15.8. The van der Waals surface area contributed by atoms with E-state index in [1.165, 1.54) is 4.68 Å². The number of hydrogen-bond acceptors (Lipinski definition) is 5. The van der Waals surface area contributed by atoms with Gasteiger partial charge in [0.2, 0.25) is 11.2 Å². The number of ether oxygens (including phenoxy) is 2. The van der Waals surface area contributed by atoms with Crippen LogP contribution in [-0.4, -0.2) is 41.0 Å². The molecule has 152 valence electrons. The number of carbonyl (C=O) groups excluding carboxylic acids is 1. The van der Waals surface area contributed by atoms with Crippen molar-refractivity contribution in [1.29, 1.82) is 0 Å². The van der Waals surface area contributed by atoms with Gasteiger partial charge in [0.1, 0.15) is 18.9 Å². The number of methoxy groups -OCH3 is 1. The Morgan fingerprint density at radius 3 is 2.69 bits per heavy atom. The minimum absolute atomic E-state index is 0.0382. The van der Waals surface area contributed by atoms with Gasteiger partial charge in [0, 0.05) is 24.2 Å². The molecule has 29 heavy (non-hydrogen) atoms. The highest BCUT2D eigenvalue weighted by Crippen LogP contribution is 2.20. The molecule has 9 heteroatoms. The molecule has 0 spiro atoms. The third kappa shape index (κ3) is 6.19. The second kappa shape index (κ2) is 10.2. The summed E-state index contributed by atoms with van der Waals surface area (Å²) in [5.74, 6) is 0.922. The van der Waals surface area contributed by atoms with Gasteiger partial charge < -0.3 is 14.8 Å². The van der Waals surface area contributed by atoms with Crippen LogP contribution in [0.25, 0.3) is 11.4 Å². The minimum Gasteiger partial charge on any atom is -0.491 e. The predicted molar refractivity (Wildman–Crippen MR) is 111 cm³/mol. The molecular weight excluding hydrogens is 415 g/mol. The van der Waals surface area contributed by atoms with E-state index in [0.29, 0.717) is 30.6 Å². The number of aromatic nitrogens is 3. The molecule has 0 fully saturated rings. The predicted octanol–water partition coefficient (Wildman–Crippen LogP) is 3.59. The van der Waals surface area contributed by atoms with Crippen LogP contribution in [0.3, 0.4) is 0 Å². The first-order valence-corrected chi connectivity index (χ1v) is 9.64. The standard InChI is InChI=1S/C20H20Cl2N4O3/c1-28-9-10-29-17-4-2-3-14(11-17)12-23-18(27)13-26-20(22)24-19(25-26)15-5-7-16(21)8-6-15/h2-8,11H,9-10,12-13H2,1H3,(H,23,27). The lowest BCUT2D eigenvalue weighted by atomic mass is 10.2. The number of amides is 1. The zero-order chi connectivity index (χ0) is 20.6. The Kier molecular flexibility index (Phi) is 7.46. The smallest absolute Gasteiger partial charge is 0.242 e. The first kappa shape index (κ1) is 21.1. The third-order valence-electron chi connectivity index (χ3n) is 3.97. The molecule has 1 aromatic heterocycles. The average Bonchev–Trinajstić information content (AvgIpc) is 3.08. The van der Waals surface area contributed by atoms with Crippen molar-refractivity contribution in [3.63, 3.8) is 0 Å². The largest absolute Gasteiger partial charge is 0.491 e. The van der Waals surface area contributed by atoms with Crippen molar-refractivity contribution in [2.45, 2.75) is 13.1 Å². The number of halogens is 2. The summed E-state index contributed by atoms with van der Waals surface area (Å²) < 4.78 is 11.9. The van der Waals surface area contributed by atoms with Crippen LogP contribution in [0.1, 0.15) is 5.56 Å². The van der Waals surface area contributed by atoms with Gasteiger partial charge in [0.15, 0.2) is 5.82 Å². The molecule has 3 rings (SSSR count). The van der Waals surface area contributed by atoms with Gasteiger partial charge in [-0.15, -0.1) is 5.10 Å². The Hall–Kier alpha value is -2.61. The summed E-state index contributed by atoms with van der Waals surface area (Å²) in [7, 11) is 1.62. The lowest BCUT2D eigenvalue weighted by Gasteiger charge is -2.09. The monoisotopic (exact) mass is 434 g/mol. The summed E-state index contributed by atoms with van der Waals surface area (Å²) in [6.45, 7) is 1.30. The van der Waals surface area contributed by atoms with Gasteiger partial charge in [-0.25, -0.2) is 4.68 Å². The molecule has 1 N–H and O–H groups in total. The molecule has 7 nitrogen and oxygen atoms in total. The maximum absolute atomic E-state index is 12.3. The highest BCUT2D eigenvalue weighted by molar-refractivity contribution is 6.30. The Bertz CT molecular complexity index is 961. The van der Waals surface area contributed by atoms with Crippen LogP contribution in [0.15, 0.2) is 48.5 Å². The van der Waals surface area contributed by atoms with E-state index in [-0.39, 0.29) is 17.7 Å². The summed E-state index contributed by atoms with van der Waals surface area (Å²) in [6, 6.07) is 14.6. The second-order valence-corrected chi connectivity index (χ2v) is 6.91. The van der Waals surface area contributed by atoms with Crippen LogP contribution in [0.5, 0.6) is 5.75 Å². The maximum atomic E-state index is 12.3. The lowest BCUT2D eigenvalue weighted by Crippen LogP contribution is -2.27. The van der Waals surface area contributed by atoms with Crippen molar-refractivity contribution in [2.75, 3.05) is 20.3 Å². The van der Waals surface area contributed by atoms with E-state index < -0.39 is 0 Å². The number of nitrogens with one attached hydrogen (secondary N) is 1. The highest BCUT2D eigenvalue weighted by atomic mass is 35.5. The molecule has 0 aliphatic rings. The summed E-state index contributed by atoms with van der Waals surface area (Å²) in [5, 5.41) is 7.90. The van der Waals surface area contributed by atoms with E-state index in [2.05, 4.69) is 15.4 Å². The molecule has 0 saturated heterocycles. The molecule has 0 atom stereocenters. The Morgan fingerprint density at radius 2 is 1.93 bits per heavy atom. The fourth-order valence-electron chi connectivity index (χ4n) is 2.53. The molecule has 2 aromatic carbocycles. The Balaban J connectivity index is 1.56. The number of benzene rings is 2. The third-order valence-corrected chi connectivity index (χ3v) is 4.50. The zero-order valence-corrected chi connectivity index (χ0v) is 17.3. The number of hydrogen-bond donors (Lipinski definition) is 1. The molecule has 3 aromatic rings. The SMILES string of the molecule is COCCOc1cccc(CNC(=O)Cn2nc(-c3ccc(Cl)cc3)nc2Cl)c1.